The molecule has 0 spiro atoms. The van der Waals surface area contributed by atoms with Crippen molar-refractivity contribution in [3.63, 3.8) is 0 Å². The average Bonchev–Trinajstić information content (AvgIpc) is 2.86. The summed E-state index contributed by atoms with van der Waals surface area (Å²) < 4.78 is 9.71. The second-order valence-electron chi connectivity index (χ2n) is 6.70. The van der Waals surface area contributed by atoms with Gasteiger partial charge in [-0.05, 0) is 43.4 Å². The summed E-state index contributed by atoms with van der Waals surface area (Å²) in [4.78, 5) is 23.1. The Kier molecular flexibility index (Phi) is 7.74. The number of aliphatic hydroxyl groups is 1. The zero-order valence-corrected chi connectivity index (χ0v) is 16.3. The molecular weight excluding hydrogens is 379 g/mol. The monoisotopic (exact) mass is 402 g/mol. The predicted molar refractivity (Wildman–Crippen MR) is 99.3 cm³/mol. The molecule has 26 heavy (non-hydrogen) atoms. The normalized spacial score (nSPS) is 22.3. The molecule has 1 aromatic carbocycles. The van der Waals surface area contributed by atoms with Crippen LogP contribution in [0.3, 0.4) is 0 Å². The molecule has 1 fully saturated rings. The summed E-state index contributed by atoms with van der Waals surface area (Å²) in [5.41, 5.74) is -0.656. The molecule has 2 atom stereocenters. The molecule has 0 unspecified atom stereocenters. The van der Waals surface area contributed by atoms with Crippen LogP contribution in [0.1, 0.15) is 50.5 Å². The number of unbranched alkanes of at least 4 members (excludes halogenated alkanes) is 3. The van der Waals surface area contributed by atoms with Crippen LogP contribution in [0.5, 0.6) is 0 Å². The van der Waals surface area contributed by atoms with Crippen molar-refractivity contribution in [2.45, 2.75) is 63.1 Å². The minimum absolute atomic E-state index is 0.140. The van der Waals surface area contributed by atoms with Crippen molar-refractivity contribution in [1.82, 2.24) is 0 Å². The van der Waals surface area contributed by atoms with E-state index in [1.54, 1.807) is 6.07 Å². The van der Waals surface area contributed by atoms with Gasteiger partial charge in [-0.1, -0.05) is 42.1 Å². The van der Waals surface area contributed by atoms with Gasteiger partial charge in [-0.3, -0.25) is 4.79 Å². The van der Waals surface area contributed by atoms with Crippen LogP contribution < -0.4 is 0 Å². The summed E-state index contributed by atoms with van der Waals surface area (Å²) in [7, 11) is 1.22. The van der Waals surface area contributed by atoms with Gasteiger partial charge in [-0.25, -0.2) is 4.79 Å². The fourth-order valence-electron chi connectivity index (χ4n) is 3.14. The maximum absolute atomic E-state index is 11.8. The molecular formula is C19H24Cl2O5. The van der Waals surface area contributed by atoms with E-state index < -0.39 is 17.5 Å². The Morgan fingerprint density at radius 2 is 2.04 bits per heavy atom. The SMILES string of the molecule is COC(=O)C[C@@]1(O)C[C@@H](CCCCCCc2ccc(Cl)cc2Cl)OC1=O. The second kappa shape index (κ2) is 9.58. The van der Waals surface area contributed by atoms with E-state index in [-0.39, 0.29) is 18.9 Å². The van der Waals surface area contributed by atoms with Gasteiger partial charge in [0.2, 0.25) is 0 Å². The number of cyclic esters (lactones) is 1. The summed E-state index contributed by atoms with van der Waals surface area (Å²) >= 11 is 12.0. The molecule has 0 aliphatic carbocycles. The lowest BCUT2D eigenvalue weighted by Crippen LogP contribution is -2.37. The van der Waals surface area contributed by atoms with Gasteiger partial charge in [-0.2, -0.15) is 0 Å². The highest BCUT2D eigenvalue weighted by atomic mass is 35.5. The fourth-order valence-corrected chi connectivity index (χ4v) is 3.65. The van der Waals surface area contributed by atoms with Crippen molar-refractivity contribution in [2.24, 2.45) is 0 Å². The molecule has 1 N–H and O–H groups in total. The van der Waals surface area contributed by atoms with Gasteiger partial charge in [0.25, 0.3) is 0 Å². The second-order valence-corrected chi connectivity index (χ2v) is 7.55. The van der Waals surface area contributed by atoms with E-state index in [0.29, 0.717) is 16.5 Å². The third kappa shape index (κ3) is 5.86. The predicted octanol–water partition coefficient (Wildman–Crippen LogP) is 4.10. The first kappa shape index (κ1) is 21.0. The summed E-state index contributed by atoms with van der Waals surface area (Å²) in [6, 6.07) is 5.54. The molecule has 0 amide bonds. The standard InChI is InChI=1S/C19H24Cl2O5/c1-25-17(22)12-19(24)11-15(26-18(19)23)7-5-3-2-4-6-13-8-9-14(20)10-16(13)21/h8-10,15,24H,2-7,11-12H2,1H3/t15-,19+/m1/s1. The van der Waals surface area contributed by atoms with Gasteiger partial charge in [0, 0.05) is 16.5 Å². The number of carbonyl (C=O) groups excluding carboxylic acids is 2. The minimum atomic E-state index is -1.75. The summed E-state index contributed by atoms with van der Waals surface area (Å²) in [6.45, 7) is 0. The first-order valence-electron chi connectivity index (χ1n) is 8.78. The quantitative estimate of drug-likeness (QED) is 0.497. The fraction of sp³-hybridized carbons (Fsp3) is 0.579. The van der Waals surface area contributed by atoms with Crippen LogP contribution in [0.25, 0.3) is 0 Å². The summed E-state index contributed by atoms with van der Waals surface area (Å²) in [6.07, 6.45) is 4.94. The first-order valence-corrected chi connectivity index (χ1v) is 9.54. The minimum Gasteiger partial charge on any atom is -0.469 e. The van der Waals surface area contributed by atoms with Gasteiger partial charge in [0.1, 0.15) is 6.10 Å². The molecule has 5 nitrogen and oxygen atoms in total. The number of benzene rings is 1. The number of rotatable bonds is 9. The molecule has 144 valence electrons. The zero-order valence-electron chi connectivity index (χ0n) is 14.8. The maximum Gasteiger partial charge on any atom is 0.339 e. The zero-order chi connectivity index (χ0) is 19.2. The van der Waals surface area contributed by atoms with Crippen molar-refractivity contribution in [1.29, 1.82) is 0 Å². The highest BCUT2D eigenvalue weighted by Gasteiger charge is 2.49. The molecule has 7 heteroatoms. The van der Waals surface area contributed by atoms with Crippen LogP contribution in [-0.4, -0.2) is 35.9 Å². The van der Waals surface area contributed by atoms with Gasteiger partial charge in [0.15, 0.2) is 5.60 Å². The molecule has 1 heterocycles. The number of methoxy groups -OCH3 is 1. The summed E-state index contributed by atoms with van der Waals surface area (Å²) in [5.74, 6) is -1.35. The van der Waals surface area contributed by atoms with Crippen molar-refractivity contribution >= 4 is 35.1 Å². The van der Waals surface area contributed by atoms with Crippen molar-refractivity contribution in [3.05, 3.63) is 33.8 Å². The Labute approximate surface area is 163 Å². The van der Waals surface area contributed by atoms with E-state index in [4.69, 9.17) is 27.9 Å². The maximum atomic E-state index is 11.8. The Balaban J connectivity index is 1.64. The molecule has 0 aromatic heterocycles. The van der Waals surface area contributed by atoms with Gasteiger partial charge < -0.3 is 14.6 Å². The van der Waals surface area contributed by atoms with Gasteiger partial charge in [-0.15, -0.1) is 0 Å². The molecule has 1 aromatic rings. The smallest absolute Gasteiger partial charge is 0.339 e. The Morgan fingerprint density at radius 3 is 2.73 bits per heavy atom. The number of aryl methyl sites for hydroxylation is 1. The molecule has 0 radical (unpaired) electrons. The molecule has 0 bridgehead atoms. The van der Waals surface area contributed by atoms with Crippen LogP contribution >= 0.6 is 23.2 Å². The van der Waals surface area contributed by atoms with Crippen LogP contribution in [0.4, 0.5) is 0 Å². The van der Waals surface area contributed by atoms with E-state index in [0.717, 1.165) is 37.7 Å². The molecule has 1 saturated heterocycles. The average molecular weight is 403 g/mol. The highest BCUT2D eigenvalue weighted by molar-refractivity contribution is 6.35. The molecule has 2 rings (SSSR count). The number of hydrogen-bond acceptors (Lipinski definition) is 5. The number of carbonyl (C=O) groups is 2. The lowest BCUT2D eigenvalue weighted by atomic mass is 9.93. The highest BCUT2D eigenvalue weighted by Crippen LogP contribution is 2.32. The van der Waals surface area contributed by atoms with Crippen LogP contribution in [0.15, 0.2) is 18.2 Å². The van der Waals surface area contributed by atoms with E-state index in [1.165, 1.54) is 7.11 Å². The van der Waals surface area contributed by atoms with E-state index >= 15 is 0 Å². The van der Waals surface area contributed by atoms with Crippen LogP contribution in [0, 0.1) is 0 Å². The van der Waals surface area contributed by atoms with Gasteiger partial charge in [0.05, 0.1) is 13.5 Å². The lowest BCUT2D eigenvalue weighted by Gasteiger charge is -2.15. The Bertz CT molecular complexity index is 649. The first-order chi connectivity index (χ1) is 12.3. The largest absolute Gasteiger partial charge is 0.469 e. The van der Waals surface area contributed by atoms with Crippen LogP contribution in [0.2, 0.25) is 10.0 Å². The van der Waals surface area contributed by atoms with Crippen molar-refractivity contribution in [2.75, 3.05) is 7.11 Å². The van der Waals surface area contributed by atoms with Crippen molar-refractivity contribution in [3.8, 4) is 0 Å². The van der Waals surface area contributed by atoms with E-state index in [2.05, 4.69) is 4.74 Å². The lowest BCUT2D eigenvalue weighted by molar-refractivity contribution is -0.161. The molecule has 1 aliphatic heterocycles. The number of halogens is 2. The third-order valence-electron chi connectivity index (χ3n) is 4.62. The van der Waals surface area contributed by atoms with Crippen molar-refractivity contribution < 1.29 is 24.2 Å². The third-order valence-corrected chi connectivity index (χ3v) is 5.21. The number of hydrogen-bond donors (Lipinski definition) is 1. The topological polar surface area (TPSA) is 72.8 Å². The van der Waals surface area contributed by atoms with E-state index in [9.17, 15) is 14.7 Å². The Hall–Kier alpha value is -1.30. The Morgan fingerprint density at radius 1 is 1.31 bits per heavy atom. The number of esters is 2. The number of ether oxygens (including phenoxy) is 2. The summed E-state index contributed by atoms with van der Waals surface area (Å²) in [5, 5.41) is 11.6. The van der Waals surface area contributed by atoms with Crippen LogP contribution in [-0.2, 0) is 25.5 Å². The molecule has 1 aliphatic rings. The van der Waals surface area contributed by atoms with Gasteiger partial charge >= 0.3 is 11.9 Å². The molecule has 0 saturated carbocycles. The van der Waals surface area contributed by atoms with E-state index in [1.807, 2.05) is 12.1 Å².